The molecule has 0 N–H and O–H groups in total. The number of rotatable bonds is 4. The van der Waals surface area contributed by atoms with E-state index in [1.54, 1.807) is 18.2 Å². The lowest BCUT2D eigenvalue weighted by Crippen LogP contribution is -2.10. The third kappa shape index (κ3) is 3.94. The third-order valence-electron chi connectivity index (χ3n) is 6.70. The Hall–Kier alpha value is -4.02. The highest BCUT2D eigenvalue weighted by Gasteiger charge is 2.28. The second-order valence-corrected chi connectivity index (χ2v) is 9.26. The van der Waals surface area contributed by atoms with Crippen LogP contribution in [0.15, 0.2) is 84.9 Å². The Bertz CT molecular complexity index is 1670. The molecule has 36 heavy (non-hydrogen) atoms. The van der Waals surface area contributed by atoms with Gasteiger partial charge in [0.05, 0.1) is 21.8 Å². The first-order valence-corrected chi connectivity index (χ1v) is 12.2. The fraction of sp³-hybridized carbons (Fsp3) is 0.0968. The molecule has 0 aliphatic heterocycles. The van der Waals surface area contributed by atoms with Crippen LogP contribution in [0.1, 0.15) is 39.2 Å². The number of carbonyl (C=O) groups is 1. The lowest BCUT2D eigenvalue weighted by atomic mass is 10.0. The van der Waals surface area contributed by atoms with E-state index in [2.05, 4.69) is 0 Å². The van der Waals surface area contributed by atoms with E-state index in [0.29, 0.717) is 40.2 Å². The van der Waals surface area contributed by atoms with E-state index in [1.807, 2.05) is 66.7 Å². The largest absolute Gasteiger partial charge is 0.457 e. The molecule has 4 aromatic carbocycles. The molecule has 0 bridgehead atoms. The minimum atomic E-state index is -0.390. The minimum Gasteiger partial charge on any atom is -0.457 e. The maximum absolute atomic E-state index is 14.5. The van der Waals surface area contributed by atoms with Gasteiger partial charge in [-0.3, -0.25) is 0 Å². The molecular weight excluding hydrogens is 473 g/mol. The zero-order valence-electron chi connectivity index (χ0n) is 19.3. The highest BCUT2D eigenvalue weighted by Crippen LogP contribution is 2.39. The van der Waals surface area contributed by atoms with E-state index in [1.165, 1.54) is 6.07 Å². The summed E-state index contributed by atoms with van der Waals surface area (Å²) in [4.78, 5) is 18.4. The van der Waals surface area contributed by atoms with Crippen LogP contribution in [-0.4, -0.2) is 11.0 Å². The van der Waals surface area contributed by atoms with Crippen LogP contribution in [0.3, 0.4) is 0 Å². The van der Waals surface area contributed by atoms with Crippen molar-refractivity contribution in [3.05, 3.63) is 124 Å². The summed E-state index contributed by atoms with van der Waals surface area (Å²) in [6, 6.07) is 26.2. The van der Waals surface area contributed by atoms with Crippen LogP contribution in [0.4, 0.5) is 4.39 Å². The van der Waals surface area contributed by atoms with Crippen molar-refractivity contribution in [2.24, 2.45) is 0 Å². The zero-order chi connectivity index (χ0) is 24.6. The van der Waals surface area contributed by atoms with Crippen LogP contribution in [-0.2, 0) is 17.8 Å². The van der Waals surface area contributed by atoms with Crippen LogP contribution in [0.25, 0.3) is 33.3 Å². The first-order valence-electron chi connectivity index (χ1n) is 11.8. The fourth-order valence-corrected chi connectivity index (χ4v) is 5.19. The molecule has 0 radical (unpaired) electrons. The number of hydrogen-bond acceptors (Lipinski definition) is 3. The Balaban J connectivity index is 1.41. The molecule has 0 saturated heterocycles. The summed E-state index contributed by atoms with van der Waals surface area (Å²) in [5.41, 5.74) is 4.88. The summed E-state index contributed by atoms with van der Waals surface area (Å²) in [5, 5.41) is 3.25. The van der Waals surface area contributed by atoms with Crippen LogP contribution in [0, 0.1) is 5.82 Å². The van der Waals surface area contributed by atoms with Crippen LogP contribution < -0.4 is 0 Å². The number of esters is 1. The summed E-state index contributed by atoms with van der Waals surface area (Å²) in [7, 11) is 0. The third-order valence-corrected chi connectivity index (χ3v) is 7.03. The van der Waals surface area contributed by atoms with Gasteiger partial charge >= 0.3 is 5.97 Å². The molecule has 176 valence electrons. The van der Waals surface area contributed by atoms with Crippen LogP contribution >= 0.6 is 11.6 Å². The van der Waals surface area contributed by atoms with Gasteiger partial charge in [-0.2, -0.15) is 0 Å². The molecule has 5 heteroatoms. The quantitative estimate of drug-likeness (QED) is 0.238. The summed E-state index contributed by atoms with van der Waals surface area (Å²) in [6.07, 6.45) is 2.99. The van der Waals surface area contributed by atoms with Crippen molar-refractivity contribution >= 4 is 50.9 Å². The SMILES string of the molecule is O=C(OCc1cccc2ccccc12)c1c2c(nc3ccccc13)C(=Cc1c(F)cccc1Cl)CC2. The van der Waals surface area contributed by atoms with E-state index in [0.717, 1.165) is 32.9 Å². The Labute approximate surface area is 212 Å². The van der Waals surface area contributed by atoms with Crippen LogP contribution in [0.2, 0.25) is 5.02 Å². The minimum absolute atomic E-state index is 0.166. The number of aromatic nitrogens is 1. The second kappa shape index (κ2) is 9.21. The van der Waals surface area contributed by atoms with Gasteiger partial charge in [0.25, 0.3) is 0 Å². The monoisotopic (exact) mass is 493 g/mol. The van der Waals surface area contributed by atoms with Crippen molar-refractivity contribution in [1.29, 1.82) is 0 Å². The number of benzene rings is 4. The number of ether oxygens (including phenoxy) is 1. The van der Waals surface area contributed by atoms with Crippen LogP contribution in [0.5, 0.6) is 0 Å². The van der Waals surface area contributed by atoms with Crippen molar-refractivity contribution in [2.75, 3.05) is 0 Å². The first-order chi connectivity index (χ1) is 17.6. The van der Waals surface area contributed by atoms with Crippen molar-refractivity contribution in [3.8, 4) is 0 Å². The average molecular weight is 494 g/mol. The lowest BCUT2D eigenvalue weighted by Gasteiger charge is -2.13. The van der Waals surface area contributed by atoms with Gasteiger partial charge in [0.15, 0.2) is 0 Å². The van der Waals surface area contributed by atoms with E-state index < -0.39 is 0 Å². The van der Waals surface area contributed by atoms with E-state index in [-0.39, 0.29) is 18.4 Å². The fourth-order valence-electron chi connectivity index (χ4n) is 4.97. The first kappa shape index (κ1) is 22.4. The smallest absolute Gasteiger partial charge is 0.339 e. The molecule has 0 spiro atoms. The van der Waals surface area contributed by atoms with Gasteiger partial charge in [-0.15, -0.1) is 0 Å². The molecule has 3 nitrogen and oxygen atoms in total. The molecule has 0 saturated carbocycles. The van der Waals surface area contributed by atoms with Gasteiger partial charge in [-0.05, 0) is 64.6 Å². The van der Waals surface area contributed by atoms with E-state index in [4.69, 9.17) is 21.3 Å². The number of fused-ring (bicyclic) bond motifs is 3. The molecule has 0 fully saturated rings. The predicted molar refractivity (Wildman–Crippen MR) is 142 cm³/mol. The molecule has 6 rings (SSSR count). The number of para-hydroxylation sites is 1. The van der Waals surface area contributed by atoms with Gasteiger partial charge in [-0.25, -0.2) is 14.2 Å². The Morgan fingerprint density at radius 3 is 2.53 bits per heavy atom. The Morgan fingerprint density at radius 2 is 1.67 bits per heavy atom. The number of pyridine rings is 1. The molecule has 5 aromatic rings. The number of allylic oxidation sites excluding steroid dienone is 1. The molecule has 0 unspecified atom stereocenters. The molecular formula is C31H21ClFNO2. The Morgan fingerprint density at radius 1 is 0.917 bits per heavy atom. The van der Waals surface area contributed by atoms with Gasteiger partial charge in [0.1, 0.15) is 12.4 Å². The summed E-state index contributed by atoms with van der Waals surface area (Å²) >= 11 is 6.27. The highest BCUT2D eigenvalue weighted by molar-refractivity contribution is 6.32. The highest BCUT2D eigenvalue weighted by atomic mass is 35.5. The van der Waals surface area contributed by atoms with Crippen molar-refractivity contribution < 1.29 is 13.9 Å². The van der Waals surface area contributed by atoms with Gasteiger partial charge in [0, 0.05) is 10.9 Å². The number of nitrogens with zero attached hydrogens (tertiary/aromatic N) is 1. The zero-order valence-corrected chi connectivity index (χ0v) is 20.1. The topological polar surface area (TPSA) is 39.2 Å². The van der Waals surface area contributed by atoms with Gasteiger partial charge < -0.3 is 4.74 Å². The number of carbonyl (C=O) groups excluding carboxylic acids is 1. The normalized spacial score (nSPS) is 13.9. The van der Waals surface area contributed by atoms with Crippen molar-refractivity contribution in [2.45, 2.75) is 19.4 Å². The molecule has 1 aromatic heterocycles. The lowest BCUT2D eigenvalue weighted by molar-refractivity contribution is 0.0475. The Kier molecular flexibility index (Phi) is 5.74. The van der Waals surface area contributed by atoms with Gasteiger partial charge in [0.2, 0.25) is 0 Å². The molecule has 0 amide bonds. The number of halogens is 2. The van der Waals surface area contributed by atoms with E-state index in [9.17, 15) is 9.18 Å². The predicted octanol–water partition coefficient (Wildman–Crippen LogP) is 8.02. The standard InChI is InChI=1S/C31H21ClFNO2/c32-26-12-6-13-27(33)25(26)17-20-15-16-24-29(23-11-3-4-14-28(23)34-30(20)24)31(35)36-18-21-9-5-8-19-7-1-2-10-22(19)21/h1-14,17H,15-16,18H2. The maximum atomic E-state index is 14.5. The second-order valence-electron chi connectivity index (χ2n) is 8.85. The molecule has 0 atom stereocenters. The summed E-state index contributed by atoms with van der Waals surface area (Å²) in [6.45, 7) is 0.166. The average Bonchev–Trinajstić information content (AvgIpc) is 3.30. The molecule has 1 aliphatic carbocycles. The number of hydrogen-bond donors (Lipinski definition) is 0. The van der Waals surface area contributed by atoms with Crippen molar-refractivity contribution in [1.82, 2.24) is 4.98 Å². The summed E-state index contributed by atoms with van der Waals surface area (Å²) < 4.78 is 20.4. The molecule has 1 aliphatic rings. The molecule has 1 heterocycles. The van der Waals surface area contributed by atoms with Crippen molar-refractivity contribution in [3.63, 3.8) is 0 Å². The van der Waals surface area contributed by atoms with Gasteiger partial charge in [-0.1, -0.05) is 78.3 Å². The summed E-state index contributed by atoms with van der Waals surface area (Å²) in [5.74, 6) is -0.776. The van der Waals surface area contributed by atoms with E-state index >= 15 is 0 Å². The maximum Gasteiger partial charge on any atom is 0.339 e.